The van der Waals surface area contributed by atoms with E-state index in [-0.39, 0.29) is 12.2 Å². The van der Waals surface area contributed by atoms with Crippen molar-refractivity contribution < 1.29 is 19.0 Å². The lowest BCUT2D eigenvalue weighted by Crippen LogP contribution is -2.39. The van der Waals surface area contributed by atoms with Gasteiger partial charge in [0.2, 0.25) is 5.88 Å². The Morgan fingerprint density at radius 2 is 1.93 bits per heavy atom. The van der Waals surface area contributed by atoms with Crippen LogP contribution in [0.1, 0.15) is 33.1 Å². The van der Waals surface area contributed by atoms with Gasteiger partial charge in [-0.2, -0.15) is 0 Å². The molecule has 4 aromatic heterocycles. The minimum Gasteiger partial charge on any atom is -0.491 e. The van der Waals surface area contributed by atoms with Crippen LogP contribution in [0.4, 0.5) is 5.69 Å². The predicted molar refractivity (Wildman–Crippen MR) is 170 cm³/mol. The molecule has 44 heavy (non-hydrogen) atoms. The molecule has 0 spiro atoms. The van der Waals surface area contributed by atoms with E-state index in [0.717, 1.165) is 39.4 Å². The third-order valence-corrected chi connectivity index (χ3v) is 8.90. The van der Waals surface area contributed by atoms with E-state index < -0.39 is 5.97 Å². The number of aryl methyl sites for hydroxylation is 2. The van der Waals surface area contributed by atoms with E-state index in [1.165, 1.54) is 18.4 Å². The van der Waals surface area contributed by atoms with Crippen LogP contribution in [0.3, 0.4) is 0 Å². The summed E-state index contributed by atoms with van der Waals surface area (Å²) in [4.78, 5) is 41.8. The van der Waals surface area contributed by atoms with Gasteiger partial charge in [-0.05, 0) is 44.2 Å². The molecule has 1 aromatic carbocycles. The lowest BCUT2D eigenvalue weighted by molar-refractivity contribution is 0.0603. The van der Waals surface area contributed by atoms with Gasteiger partial charge < -0.3 is 19.1 Å². The monoisotopic (exact) mass is 631 g/mol. The summed E-state index contributed by atoms with van der Waals surface area (Å²) in [6, 6.07) is 11.1. The molecule has 226 valence electrons. The Bertz CT molecular complexity index is 1960. The minimum atomic E-state index is -0.439. The number of anilines is 1. The van der Waals surface area contributed by atoms with Crippen molar-refractivity contribution in [2.24, 2.45) is 0 Å². The Labute approximate surface area is 262 Å². The molecule has 6 rings (SSSR count). The first kappa shape index (κ1) is 29.6. The van der Waals surface area contributed by atoms with Gasteiger partial charge in [-0.3, -0.25) is 14.3 Å². The van der Waals surface area contributed by atoms with E-state index in [0.29, 0.717) is 58.6 Å². The standard InChI is InChI=1S/C32H30ClN5O5S/c1-18-13-23(30-29(35-18)25(17-44-30)32(40)42-4)22-14-20(33)5-6-27(22)43-12-11-38-19(2)36-26-8-10-37(16-24(26)31(38)39)21-7-9-34-28(15-21)41-3/h5-7,9,13-15,17H,8,10-12,16H2,1-4H3. The van der Waals surface area contributed by atoms with E-state index >= 15 is 0 Å². The molecule has 5 heterocycles. The average Bonchev–Trinajstić information content (AvgIpc) is 3.46. The fourth-order valence-corrected chi connectivity index (χ4v) is 6.68. The fourth-order valence-electron chi connectivity index (χ4n) is 5.50. The Hall–Kier alpha value is -4.48. The molecule has 0 bridgehead atoms. The lowest BCUT2D eigenvalue weighted by Gasteiger charge is -2.30. The molecule has 0 saturated heterocycles. The number of halogens is 1. The first-order valence-electron chi connectivity index (χ1n) is 14.0. The second-order valence-electron chi connectivity index (χ2n) is 10.4. The highest BCUT2D eigenvalue weighted by atomic mass is 35.5. The van der Waals surface area contributed by atoms with E-state index in [2.05, 4.69) is 14.9 Å². The van der Waals surface area contributed by atoms with Gasteiger partial charge in [-0.1, -0.05) is 11.6 Å². The molecule has 5 aromatic rings. The molecule has 10 nitrogen and oxygen atoms in total. The molecule has 0 unspecified atom stereocenters. The van der Waals surface area contributed by atoms with E-state index in [9.17, 15) is 9.59 Å². The van der Waals surface area contributed by atoms with Crippen LogP contribution in [-0.4, -0.2) is 52.9 Å². The Balaban J connectivity index is 1.27. The molecule has 0 saturated carbocycles. The minimum absolute atomic E-state index is 0.0708. The Morgan fingerprint density at radius 3 is 2.73 bits per heavy atom. The zero-order valence-corrected chi connectivity index (χ0v) is 26.3. The highest BCUT2D eigenvalue weighted by Crippen LogP contribution is 2.40. The number of benzene rings is 1. The van der Waals surface area contributed by atoms with Gasteiger partial charge in [0.25, 0.3) is 5.56 Å². The number of nitrogens with zero attached hydrogens (tertiary/aromatic N) is 5. The van der Waals surface area contributed by atoms with Crippen LogP contribution in [0.2, 0.25) is 5.02 Å². The quantitative estimate of drug-likeness (QED) is 0.202. The zero-order valence-electron chi connectivity index (χ0n) is 24.7. The molecule has 0 aliphatic carbocycles. The van der Waals surface area contributed by atoms with Crippen LogP contribution in [0.25, 0.3) is 21.3 Å². The van der Waals surface area contributed by atoms with Crippen LogP contribution in [0.15, 0.2) is 52.8 Å². The van der Waals surface area contributed by atoms with Gasteiger partial charge in [0.15, 0.2) is 0 Å². The molecular weight excluding hydrogens is 602 g/mol. The summed E-state index contributed by atoms with van der Waals surface area (Å²) in [5, 5.41) is 2.30. The molecule has 0 atom stereocenters. The topological polar surface area (TPSA) is 109 Å². The van der Waals surface area contributed by atoms with Gasteiger partial charge in [0.1, 0.15) is 18.2 Å². The van der Waals surface area contributed by atoms with Gasteiger partial charge in [-0.15, -0.1) is 11.3 Å². The first-order valence-corrected chi connectivity index (χ1v) is 15.3. The van der Waals surface area contributed by atoms with Crippen molar-refractivity contribution in [1.29, 1.82) is 0 Å². The predicted octanol–water partition coefficient (Wildman–Crippen LogP) is 5.62. The van der Waals surface area contributed by atoms with Crippen molar-refractivity contribution in [2.45, 2.75) is 33.4 Å². The van der Waals surface area contributed by atoms with Crippen molar-refractivity contribution in [3.63, 3.8) is 0 Å². The number of fused-ring (bicyclic) bond motifs is 2. The lowest BCUT2D eigenvalue weighted by atomic mass is 10.0. The normalized spacial score (nSPS) is 12.7. The summed E-state index contributed by atoms with van der Waals surface area (Å²) in [7, 11) is 2.94. The molecule has 1 aliphatic heterocycles. The number of pyridine rings is 2. The van der Waals surface area contributed by atoms with E-state index in [1.54, 1.807) is 29.3 Å². The SMILES string of the molecule is COC(=O)c1csc2c(-c3cc(Cl)ccc3OCCn3c(C)nc4c(c3=O)CN(c3ccnc(OC)c3)CC4)cc(C)nc12. The van der Waals surface area contributed by atoms with Crippen LogP contribution in [0, 0.1) is 13.8 Å². The number of hydrogen-bond acceptors (Lipinski definition) is 10. The van der Waals surface area contributed by atoms with Crippen LogP contribution < -0.4 is 19.9 Å². The van der Waals surface area contributed by atoms with Crippen LogP contribution in [0.5, 0.6) is 11.6 Å². The van der Waals surface area contributed by atoms with E-state index in [1.807, 2.05) is 44.2 Å². The van der Waals surface area contributed by atoms with Gasteiger partial charge >= 0.3 is 5.97 Å². The van der Waals surface area contributed by atoms with Gasteiger partial charge in [-0.25, -0.2) is 14.8 Å². The van der Waals surface area contributed by atoms with Crippen molar-refractivity contribution in [3.05, 3.63) is 91.7 Å². The maximum Gasteiger partial charge on any atom is 0.340 e. The number of hydrogen-bond donors (Lipinski definition) is 0. The molecule has 0 N–H and O–H groups in total. The van der Waals surface area contributed by atoms with Gasteiger partial charge in [0.05, 0.1) is 54.3 Å². The van der Waals surface area contributed by atoms with E-state index in [4.69, 9.17) is 30.8 Å². The highest BCUT2D eigenvalue weighted by Gasteiger charge is 2.24. The number of aromatic nitrogens is 4. The Kier molecular flexibility index (Phi) is 8.24. The number of esters is 1. The number of carbonyl (C=O) groups excluding carboxylic acids is 1. The first-order chi connectivity index (χ1) is 21.3. The summed E-state index contributed by atoms with van der Waals surface area (Å²) in [6.45, 7) is 5.45. The number of ether oxygens (including phenoxy) is 3. The van der Waals surface area contributed by atoms with Gasteiger partial charge in [0, 0.05) is 58.1 Å². The Morgan fingerprint density at radius 1 is 1.09 bits per heavy atom. The largest absolute Gasteiger partial charge is 0.491 e. The fraction of sp³-hybridized carbons (Fsp3) is 0.281. The molecule has 1 aliphatic rings. The van der Waals surface area contributed by atoms with Crippen molar-refractivity contribution in [1.82, 2.24) is 19.5 Å². The molecule has 0 radical (unpaired) electrons. The number of methoxy groups -OCH3 is 2. The summed E-state index contributed by atoms with van der Waals surface area (Å²) in [5.41, 5.74) is 5.73. The number of rotatable bonds is 8. The van der Waals surface area contributed by atoms with Crippen molar-refractivity contribution in [3.8, 4) is 22.8 Å². The maximum atomic E-state index is 13.7. The molecule has 0 fully saturated rings. The van der Waals surface area contributed by atoms with Crippen molar-refractivity contribution in [2.75, 3.05) is 32.3 Å². The summed E-state index contributed by atoms with van der Waals surface area (Å²) in [5.74, 6) is 1.33. The summed E-state index contributed by atoms with van der Waals surface area (Å²) in [6.07, 6.45) is 2.37. The molecule has 12 heteroatoms. The van der Waals surface area contributed by atoms with Crippen LogP contribution >= 0.6 is 22.9 Å². The van der Waals surface area contributed by atoms with Crippen LogP contribution in [-0.2, 0) is 24.2 Å². The summed E-state index contributed by atoms with van der Waals surface area (Å²) >= 11 is 7.85. The third-order valence-electron chi connectivity index (χ3n) is 7.66. The summed E-state index contributed by atoms with van der Waals surface area (Å²) < 4.78 is 19.0. The number of thiophene rings is 1. The molecule has 0 amide bonds. The average molecular weight is 632 g/mol. The van der Waals surface area contributed by atoms with Crippen molar-refractivity contribution >= 4 is 44.8 Å². The maximum absolute atomic E-state index is 13.7. The zero-order chi connectivity index (χ0) is 31.0. The highest BCUT2D eigenvalue weighted by molar-refractivity contribution is 7.18. The smallest absolute Gasteiger partial charge is 0.340 e. The number of carbonyl (C=O) groups is 1. The second-order valence-corrected chi connectivity index (χ2v) is 11.7. The second kappa shape index (κ2) is 12.3. The third kappa shape index (κ3) is 5.60. The molecular formula is C32H30ClN5O5S.